The zero-order valence-corrected chi connectivity index (χ0v) is 15.4. The lowest BCUT2D eigenvalue weighted by Gasteiger charge is -2.23. The van der Waals surface area contributed by atoms with E-state index >= 15 is 0 Å². The Morgan fingerprint density at radius 1 is 1.04 bits per heavy atom. The summed E-state index contributed by atoms with van der Waals surface area (Å²) in [7, 11) is 0. The second-order valence-corrected chi connectivity index (χ2v) is 6.00. The number of esters is 2. The highest BCUT2D eigenvalue weighted by Gasteiger charge is 2.38. The first-order valence-electron chi connectivity index (χ1n) is 8.10. The molecule has 0 N–H and O–H groups in total. The quantitative estimate of drug-likeness (QED) is 0.450. The van der Waals surface area contributed by atoms with Gasteiger partial charge in [-0.1, -0.05) is 50.6 Å². The normalized spacial score (nSPS) is 11.6. The number of hydrogen-bond acceptors (Lipinski definition) is 5. The van der Waals surface area contributed by atoms with E-state index in [0.29, 0.717) is 0 Å². The minimum absolute atomic E-state index is 0.144. The van der Waals surface area contributed by atoms with E-state index < -0.39 is 23.6 Å². The van der Waals surface area contributed by atoms with Crippen LogP contribution in [0.5, 0.6) is 0 Å². The van der Waals surface area contributed by atoms with Crippen LogP contribution >= 0.6 is 0 Å². The predicted molar refractivity (Wildman–Crippen MR) is 92.2 cm³/mol. The van der Waals surface area contributed by atoms with E-state index in [-0.39, 0.29) is 12.2 Å². The Bertz CT molecular complexity index is 534. The first kappa shape index (κ1) is 21.8. The molecule has 5 nitrogen and oxygen atoms in total. The molecule has 1 rings (SSSR count). The van der Waals surface area contributed by atoms with Gasteiger partial charge in [0.2, 0.25) is 6.29 Å². The predicted octanol–water partition coefficient (Wildman–Crippen LogP) is 3.69. The van der Waals surface area contributed by atoms with Gasteiger partial charge in [0.25, 0.3) is 0 Å². The maximum absolute atomic E-state index is 12.3. The van der Waals surface area contributed by atoms with Crippen molar-refractivity contribution in [1.82, 2.24) is 0 Å². The molecule has 0 heterocycles. The SMILES string of the molecule is CC(=O)OC(C)OC(=O)C(C)(C)C(=O)Cc1ccccc1.CCC. The first-order valence-corrected chi connectivity index (χ1v) is 8.10. The summed E-state index contributed by atoms with van der Waals surface area (Å²) in [5, 5.41) is 0. The summed E-state index contributed by atoms with van der Waals surface area (Å²) in [6.07, 6.45) is 0.379. The Labute approximate surface area is 144 Å². The number of benzene rings is 1. The molecule has 0 aromatic heterocycles. The Balaban J connectivity index is 0.00000163. The standard InChI is InChI=1S/C16H20O5.C3H8/c1-11(17)20-12(2)21-15(19)16(3,4)14(18)10-13-8-6-5-7-9-13;1-3-2/h5-9,12H,10H2,1-4H3;3H2,1-2H3. The zero-order valence-electron chi connectivity index (χ0n) is 15.4. The van der Waals surface area contributed by atoms with Crippen molar-refractivity contribution in [3.8, 4) is 0 Å². The highest BCUT2D eigenvalue weighted by molar-refractivity contribution is 6.03. The first-order chi connectivity index (χ1) is 11.1. The molecule has 1 aromatic rings. The molecule has 1 unspecified atom stereocenters. The number of rotatable bonds is 6. The summed E-state index contributed by atoms with van der Waals surface area (Å²) < 4.78 is 9.70. The van der Waals surface area contributed by atoms with E-state index in [1.54, 1.807) is 0 Å². The van der Waals surface area contributed by atoms with E-state index in [9.17, 15) is 14.4 Å². The fraction of sp³-hybridized carbons (Fsp3) is 0.526. The third-order valence-electron chi connectivity index (χ3n) is 3.02. The third kappa shape index (κ3) is 7.90. The van der Waals surface area contributed by atoms with Gasteiger partial charge in [-0.3, -0.25) is 14.4 Å². The van der Waals surface area contributed by atoms with Gasteiger partial charge in [0.05, 0.1) is 0 Å². The van der Waals surface area contributed by atoms with Gasteiger partial charge < -0.3 is 9.47 Å². The molecule has 1 atom stereocenters. The number of Topliss-reactive ketones (excluding diaryl/α,β-unsaturated/α-hetero) is 1. The smallest absolute Gasteiger partial charge is 0.322 e. The average molecular weight is 336 g/mol. The van der Waals surface area contributed by atoms with Crippen molar-refractivity contribution in [2.24, 2.45) is 5.41 Å². The highest BCUT2D eigenvalue weighted by atomic mass is 16.7. The van der Waals surface area contributed by atoms with Crippen molar-refractivity contribution in [3.63, 3.8) is 0 Å². The third-order valence-corrected chi connectivity index (χ3v) is 3.02. The number of carbonyl (C=O) groups is 3. The average Bonchev–Trinajstić information content (AvgIpc) is 2.47. The van der Waals surface area contributed by atoms with Gasteiger partial charge in [-0.05, 0) is 19.4 Å². The van der Waals surface area contributed by atoms with Gasteiger partial charge in [-0.25, -0.2) is 0 Å². The highest BCUT2D eigenvalue weighted by Crippen LogP contribution is 2.22. The van der Waals surface area contributed by atoms with Gasteiger partial charge in [0.1, 0.15) is 5.41 Å². The Morgan fingerprint density at radius 3 is 2.00 bits per heavy atom. The number of carbonyl (C=O) groups excluding carboxylic acids is 3. The molecule has 5 heteroatoms. The van der Waals surface area contributed by atoms with Crippen LogP contribution < -0.4 is 0 Å². The molecule has 0 radical (unpaired) electrons. The molecule has 0 saturated carbocycles. The monoisotopic (exact) mass is 336 g/mol. The van der Waals surface area contributed by atoms with Crippen LogP contribution in [0.3, 0.4) is 0 Å². The van der Waals surface area contributed by atoms with Crippen LogP contribution in [-0.2, 0) is 30.3 Å². The molecule has 0 bridgehead atoms. The summed E-state index contributed by atoms with van der Waals surface area (Å²) in [5.74, 6) is -1.52. The zero-order chi connectivity index (χ0) is 18.8. The van der Waals surface area contributed by atoms with Crippen molar-refractivity contribution in [2.45, 2.75) is 60.7 Å². The summed E-state index contributed by atoms with van der Waals surface area (Å²) in [4.78, 5) is 35.1. The molecule has 0 spiro atoms. The minimum atomic E-state index is -1.30. The number of hydrogen-bond donors (Lipinski definition) is 0. The summed E-state index contributed by atoms with van der Waals surface area (Å²) in [6, 6.07) is 9.16. The Morgan fingerprint density at radius 2 is 1.54 bits per heavy atom. The largest absolute Gasteiger partial charge is 0.426 e. The van der Waals surface area contributed by atoms with Gasteiger partial charge in [-0.15, -0.1) is 0 Å². The van der Waals surface area contributed by atoms with Crippen LogP contribution in [0.4, 0.5) is 0 Å². The Hall–Kier alpha value is -2.17. The molecular formula is C19H28O5. The summed E-state index contributed by atoms with van der Waals surface area (Å²) in [5.41, 5.74) is -0.471. The van der Waals surface area contributed by atoms with Crippen molar-refractivity contribution in [2.75, 3.05) is 0 Å². The molecule has 24 heavy (non-hydrogen) atoms. The van der Waals surface area contributed by atoms with Crippen molar-refractivity contribution >= 4 is 17.7 Å². The molecule has 0 amide bonds. The van der Waals surface area contributed by atoms with E-state index in [1.807, 2.05) is 30.3 Å². The summed E-state index contributed by atoms with van der Waals surface area (Å²) >= 11 is 0. The molecule has 1 aromatic carbocycles. The second kappa shape index (κ2) is 10.6. The van der Waals surface area contributed by atoms with E-state index in [4.69, 9.17) is 9.47 Å². The van der Waals surface area contributed by atoms with E-state index in [0.717, 1.165) is 5.56 Å². The van der Waals surface area contributed by atoms with Crippen LogP contribution in [-0.4, -0.2) is 24.0 Å². The number of ether oxygens (including phenoxy) is 2. The van der Waals surface area contributed by atoms with E-state index in [1.165, 1.54) is 34.1 Å². The van der Waals surface area contributed by atoms with Crippen LogP contribution in [0.15, 0.2) is 30.3 Å². The lowest BCUT2D eigenvalue weighted by Crippen LogP contribution is -2.38. The maximum atomic E-state index is 12.3. The van der Waals surface area contributed by atoms with Gasteiger partial charge in [0, 0.05) is 20.3 Å². The van der Waals surface area contributed by atoms with Crippen LogP contribution in [0.1, 0.15) is 53.5 Å². The molecule has 0 fully saturated rings. The lowest BCUT2D eigenvalue weighted by molar-refractivity contribution is -0.189. The molecule has 0 aliphatic rings. The molecule has 134 valence electrons. The molecule has 0 saturated heterocycles. The van der Waals surface area contributed by atoms with Crippen molar-refractivity contribution in [1.29, 1.82) is 0 Å². The maximum Gasteiger partial charge on any atom is 0.322 e. The van der Waals surface area contributed by atoms with Crippen molar-refractivity contribution in [3.05, 3.63) is 35.9 Å². The topological polar surface area (TPSA) is 69.7 Å². The molecule has 0 aliphatic carbocycles. The van der Waals surface area contributed by atoms with Crippen LogP contribution in [0, 0.1) is 5.41 Å². The van der Waals surface area contributed by atoms with Gasteiger partial charge >= 0.3 is 11.9 Å². The van der Waals surface area contributed by atoms with E-state index in [2.05, 4.69) is 13.8 Å². The lowest BCUT2D eigenvalue weighted by atomic mass is 9.85. The fourth-order valence-electron chi connectivity index (χ4n) is 1.67. The van der Waals surface area contributed by atoms with Gasteiger partial charge in [-0.2, -0.15) is 0 Å². The van der Waals surface area contributed by atoms with Crippen LogP contribution in [0.25, 0.3) is 0 Å². The summed E-state index contributed by atoms with van der Waals surface area (Å²) in [6.45, 7) is 9.90. The second-order valence-electron chi connectivity index (χ2n) is 6.00. The van der Waals surface area contributed by atoms with Crippen molar-refractivity contribution < 1.29 is 23.9 Å². The number of ketones is 1. The van der Waals surface area contributed by atoms with Gasteiger partial charge in [0.15, 0.2) is 5.78 Å². The molecular weight excluding hydrogens is 308 g/mol. The minimum Gasteiger partial charge on any atom is -0.426 e. The van der Waals surface area contributed by atoms with Crippen LogP contribution in [0.2, 0.25) is 0 Å². The Kier molecular flexibility index (Phi) is 9.62. The molecule has 0 aliphatic heterocycles. The fourth-order valence-corrected chi connectivity index (χ4v) is 1.67.